The number of hydrogen-bond donors (Lipinski definition) is 0. The SMILES string of the molecule is CC1CC(C)CN(C(C#N)c2cccc(F)c2)C1. The van der Waals surface area contributed by atoms with E-state index in [-0.39, 0.29) is 11.9 Å². The average molecular weight is 246 g/mol. The standard InChI is InChI=1S/C15H19FN2/c1-11-6-12(2)10-18(9-11)15(8-17)13-4-3-5-14(16)7-13/h3-5,7,11-12,15H,6,9-10H2,1-2H3. The molecule has 0 radical (unpaired) electrons. The van der Waals surface area contributed by atoms with E-state index in [4.69, 9.17) is 0 Å². The Labute approximate surface area is 108 Å². The number of hydrogen-bond acceptors (Lipinski definition) is 2. The van der Waals surface area contributed by atoms with E-state index in [1.54, 1.807) is 6.07 Å². The van der Waals surface area contributed by atoms with Gasteiger partial charge in [-0.3, -0.25) is 4.90 Å². The molecule has 1 heterocycles. The molecule has 18 heavy (non-hydrogen) atoms. The van der Waals surface area contributed by atoms with Crippen molar-refractivity contribution < 1.29 is 4.39 Å². The van der Waals surface area contributed by atoms with Crippen molar-refractivity contribution in [1.29, 1.82) is 5.26 Å². The van der Waals surface area contributed by atoms with E-state index in [1.165, 1.54) is 18.6 Å². The molecule has 1 aromatic carbocycles. The Morgan fingerprint density at radius 3 is 2.56 bits per heavy atom. The van der Waals surface area contributed by atoms with Crippen molar-refractivity contribution in [3.8, 4) is 6.07 Å². The largest absolute Gasteiger partial charge is 0.284 e. The van der Waals surface area contributed by atoms with Crippen LogP contribution in [0.3, 0.4) is 0 Å². The van der Waals surface area contributed by atoms with Gasteiger partial charge in [-0.15, -0.1) is 0 Å². The van der Waals surface area contributed by atoms with Gasteiger partial charge in [0.2, 0.25) is 0 Å². The van der Waals surface area contributed by atoms with Crippen molar-refractivity contribution in [1.82, 2.24) is 4.90 Å². The topological polar surface area (TPSA) is 27.0 Å². The minimum Gasteiger partial charge on any atom is -0.284 e. The molecular formula is C15H19FN2. The van der Waals surface area contributed by atoms with Crippen LogP contribution in [0, 0.1) is 29.0 Å². The van der Waals surface area contributed by atoms with Gasteiger partial charge >= 0.3 is 0 Å². The number of halogens is 1. The van der Waals surface area contributed by atoms with Crippen molar-refractivity contribution in [2.45, 2.75) is 26.3 Å². The van der Waals surface area contributed by atoms with E-state index < -0.39 is 0 Å². The van der Waals surface area contributed by atoms with E-state index in [1.807, 2.05) is 6.07 Å². The Hall–Kier alpha value is -1.40. The molecule has 2 nitrogen and oxygen atoms in total. The van der Waals surface area contributed by atoms with Crippen molar-refractivity contribution in [2.24, 2.45) is 11.8 Å². The summed E-state index contributed by atoms with van der Waals surface area (Å²) in [4.78, 5) is 2.17. The Bertz CT molecular complexity index is 442. The lowest BCUT2D eigenvalue weighted by molar-refractivity contribution is 0.117. The van der Waals surface area contributed by atoms with Gasteiger partial charge in [0.25, 0.3) is 0 Å². The maximum absolute atomic E-state index is 13.3. The zero-order valence-electron chi connectivity index (χ0n) is 10.9. The molecule has 0 N–H and O–H groups in total. The van der Waals surface area contributed by atoms with Gasteiger partial charge < -0.3 is 0 Å². The lowest BCUT2D eigenvalue weighted by Gasteiger charge is -2.37. The maximum Gasteiger partial charge on any atom is 0.123 e. The molecule has 3 heteroatoms. The van der Waals surface area contributed by atoms with E-state index >= 15 is 0 Å². The molecule has 0 aliphatic carbocycles. The van der Waals surface area contributed by atoms with Crippen LogP contribution < -0.4 is 0 Å². The summed E-state index contributed by atoms with van der Waals surface area (Å²) in [6.45, 7) is 6.25. The van der Waals surface area contributed by atoms with Gasteiger partial charge in [0.1, 0.15) is 11.9 Å². The molecule has 96 valence electrons. The zero-order chi connectivity index (χ0) is 13.1. The predicted octanol–water partition coefficient (Wildman–Crippen LogP) is 3.37. The number of benzene rings is 1. The molecule has 1 aliphatic heterocycles. The van der Waals surface area contributed by atoms with Crippen LogP contribution in [0.15, 0.2) is 24.3 Å². The first-order valence-electron chi connectivity index (χ1n) is 6.49. The molecule has 1 aliphatic rings. The lowest BCUT2D eigenvalue weighted by Crippen LogP contribution is -2.40. The zero-order valence-corrected chi connectivity index (χ0v) is 10.9. The summed E-state index contributed by atoms with van der Waals surface area (Å²) in [6.07, 6.45) is 1.21. The van der Waals surface area contributed by atoms with Crippen LogP contribution in [0.25, 0.3) is 0 Å². The quantitative estimate of drug-likeness (QED) is 0.800. The number of nitrogens with zero attached hydrogens (tertiary/aromatic N) is 2. The minimum absolute atomic E-state index is 0.272. The fourth-order valence-electron chi connectivity index (χ4n) is 2.97. The number of nitriles is 1. The molecule has 0 aromatic heterocycles. The summed E-state index contributed by atoms with van der Waals surface area (Å²) in [6, 6.07) is 8.38. The van der Waals surface area contributed by atoms with Crippen LogP contribution in [0.2, 0.25) is 0 Å². The highest BCUT2D eigenvalue weighted by atomic mass is 19.1. The van der Waals surface area contributed by atoms with Gasteiger partial charge in [0.05, 0.1) is 6.07 Å². The monoisotopic (exact) mass is 246 g/mol. The van der Waals surface area contributed by atoms with E-state index in [0.29, 0.717) is 11.8 Å². The van der Waals surface area contributed by atoms with E-state index in [0.717, 1.165) is 18.7 Å². The van der Waals surface area contributed by atoms with Crippen LogP contribution in [-0.4, -0.2) is 18.0 Å². The van der Waals surface area contributed by atoms with E-state index in [2.05, 4.69) is 24.8 Å². The molecule has 2 rings (SSSR count). The fourth-order valence-corrected chi connectivity index (χ4v) is 2.97. The second-order valence-electron chi connectivity index (χ2n) is 5.49. The molecule has 3 atom stereocenters. The van der Waals surface area contributed by atoms with Crippen LogP contribution in [0.1, 0.15) is 31.9 Å². The highest BCUT2D eigenvalue weighted by Gasteiger charge is 2.28. The highest BCUT2D eigenvalue weighted by Crippen LogP contribution is 2.29. The predicted molar refractivity (Wildman–Crippen MR) is 69.3 cm³/mol. The van der Waals surface area contributed by atoms with Crippen LogP contribution >= 0.6 is 0 Å². The Morgan fingerprint density at radius 1 is 1.33 bits per heavy atom. The van der Waals surface area contributed by atoms with Crippen LogP contribution in [-0.2, 0) is 0 Å². The van der Waals surface area contributed by atoms with Crippen molar-refractivity contribution >= 4 is 0 Å². The molecule has 0 saturated carbocycles. The van der Waals surface area contributed by atoms with Crippen molar-refractivity contribution in [3.05, 3.63) is 35.6 Å². The summed E-state index contributed by atoms with van der Waals surface area (Å²) >= 11 is 0. The van der Waals surface area contributed by atoms with E-state index in [9.17, 15) is 9.65 Å². The van der Waals surface area contributed by atoms with Gasteiger partial charge in [0, 0.05) is 13.1 Å². The highest BCUT2D eigenvalue weighted by molar-refractivity contribution is 5.25. The Kier molecular flexibility index (Phi) is 3.98. The average Bonchev–Trinajstić information content (AvgIpc) is 2.28. The third kappa shape index (κ3) is 2.88. The Balaban J connectivity index is 2.21. The maximum atomic E-state index is 13.3. The Morgan fingerprint density at radius 2 is 2.00 bits per heavy atom. The normalized spacial score (nSPS) is 26.6. The van der Waals surface area contributed by atoms with Crippen molar-refractivity contribution in [2.75, 3.05) is 13.1 Å². The van der Waals surface area contributed by atoms with Gasteiger partial charge in [0.15, 0.2) is 0 Å². The second kappa shape index (κ2) is 5.49. The van der Waals surface area contributed by atoms with Gasteiger partial charge in [-0.25, -0.2) is 4.39 Å². The summed E-state index contributed by atoms with van der Waals surface area (Å²) in [5, 5.41) is 9.38. The lowest BCUT2D eigenvalue weighted by atomic mass is 9.90. The first kappa shape index (κ1) is 13.0. The molecule has 0 spiro atoms. The number of rotatable bonds is 2. The summed E-state index contributed by atoms with van der Waals surface area (Å²) in [5.41, 5.74) is 0.763. The minimum atomic E-state index is -0.328. The number of likely N-dealkylation sites (tertiary alicyclic amines) is 1. The second-order valence-corrected chi connectivity index (χ2v) is 5.49. The molecule has 1 saturated heterocycles. The summed E-state index contributed by atoms with van der Waals surface area (Å²) in [5.74, 6) is 0.919. The fraction of sp³-hybridized carbons (Fsp3) is 0.533. The first-order chi connectivity index (χ1) is 8.60. The summed E-state index contributed by atoms with van der Waals surface area (Å²) in [7, 11) is 0. The molecule has 1 fully saturated rings. The molecule has 0 amide bonds. The van der Waals surface area contributed by atoms with Crippen LogP contribution in [0.4, 0.5) is 4.39 Å². The van der Waals surface area contributed by atoms with Gasteiger partial charge in [-0.2, -0.15) is 5.26 Å². The molecular weight excluding hydrogens is 227 g/mol. The molecule has 1 aromatic rings. The van der Waals surface area contributed by atoms with Gasteiger partial charge in [-0.1, -0.05) is 26.0 Å². The van der Waals surface area contributed by atoms with Gasteiger partial charge in [-0.05, 0) is 36.0 Å². The summed E-state index contributed by atoms with van der Waals surface area (Å²) < 4.78 is 13.3. The smallest absolute Gasteiger partial charge is 0.123 e. The van der Waals surface area contributed by atoms with Crippen molar-refractivity contribution in [3.63, 3.8) is 0 Å². The third-order valence-corrected chi connectivity index (χ3v) is 3.55. The molecule has 3 unspecified atom stereocenters. The van der Waals surface area contributed by atoms with Crippen LogP contribution in [0.5, 0.6) is 0 Å². The molecule has 0 bridgehead atoms. The third-order valence-electron chi connectivity index (χ3n) is 3.55. The number of piperidine rings is 1. The first-order valence-corrected chi connectivity index (χ1v) is 6.49.